The Hall–Kier alpha value is -4.13. The fourth-order valence-corrected chi connectivity index (χ4v) is 4.54. The van der Waals surface area contributed by atoms with Crippen molar-refractivity contribution in [3.63, 3.8) is 0 Å². The van der Waals surface area contributed by atoms with Gasteiger partial charge in [0, 0.05) is 30.6 Å². The van der Waals surface area contributed by atoms with Gasteiger partial charge in [-0.25, -0.2) is 9.18 Å². The number of aliphatic hydroxyl groups is 1. The topological polar surface area (TPSA) is 67.4 Å². The average molecular weight is 501 g/mol. The van der Waals surface area contributed by atoms with E-state index < -0.39 is 5.82 Å². The summed E-state index contributed by atoms with van der Waals surface area (Å²) in [7, 11) is 1.64. The van der Waals surface area contributed by atoms with Gasteiger partial charge in [0.2, 0.25) is 0 Å². The van der Waals surface area contributed by atoms with Gasteiger partial charge in [-0.1, -0.05) is 54.1 Å². The van der Waals surface area contributed by atoms with E-state index in [1.165, 1.54) is 21.3 Å². The Balaban J connectivity index is 1.58. The SMILES string of the molecule is Cn1ccn(-c2ccc(-c3cc(F)cc(-c4cccc(-c5cccc(CO)c5)c4)c3O)cc2Cl)c1=O. The molecule has 1 heterocycles. The summed E-state index contributed by atoms with van der Waals surface area (Å²) in [6.45, 7) is -0.0676. The maximum atomic E-state index is 14.8. The van der Waals surface area contributed by atoms with Crippen molar-refractivity contribution in [3.05, 3.63) is 118 Å². The largest absolute Gasteiger partial charge is 0.507 e. The Morgan fingerprint density at radius 1 is 0.833 bits per heavy atom. The van der Waals surface area contributed by atoms with Crippen LogP contribution in [0.4, 0.5) is 4.39 Å². The normalized spacial score (nSPS) is 11.1. The minimum Gasteiger partial charge on any atom is -0.507 e. The lowest BCUT2D eigenvalue weighted by Crippen LogP contribution is -2.20. The van der Waals surface area contributed by atoms with E-state index in [0.717, 1.165) is 16.7 Å². The summed E-state index contributed by atoms with van der Waals surface area (Å²) in [6.07, 6.45) is 3.25. The zero-order valence-electron chi connectivity index (χ0n) is 19.3. The van der Waals surface area contributed by atoms with Gasteiger partial charge < -0.3 is 14.8 Å². The van der Waals surface area contributed by atoms with Crippen LogP contribution in [0.15, 0.2) is 96.1 Å². The lowest BCUT2D eigenvalue weighted by molar-refractivity contribution is 0.282. The minimum absolute atomic E-state index is 0.0676. The molecule has 0 saturated carbocycles. The van der Waals surface area contributed by atoms with E-state index in [2.05, 4.69) is 0 Å². The smallest absolute Gasteiger partial charge is 0.332 e. The van der Waals surface area contributed by atoms with E-state index >= 15 is 0 Å². The third-order valence-electron chi connectivity index (χ3n) is 6.16. The van der Waals surface area contributed by atoms with Crippen LogP contribution in [0, 0.1) is 5.82 Å². The molecular formula is C29H22ClFN2O3. The Morgan fingerprint density at radius 2 is 1.47 bits per heavy atom. The highest BCUT2D eigenvalue weighted by molar-refractivity contribution is 6.32. The predicted molar refractivity (Wildman–Crippen MR) is 140 cm³/mol. The van der Waals surface area contributed by atoms with Crippen LogP contribution in [0.3, 0.4) is 0 Å². The maximum Gasteiger partial charge on any atom is 0.332 e. The van der Waals surface area contributed by atoms with Crippen LogP contribution < -0.4 is 5.69 Å². The lowest BCUT2D eigenvalue weighted by Gasteiger charge is -2.14. The van der Waals surface area contributed by atoms with Crippen molar-refractivity contribution in [3.8, 4) is 44.8 Å². The van der Waals surface area contributed by atoms with Crippen LogP contribution in [-0.4, -0.2) is 19.3 Å². The van der Waals surface area contributed by atoms with Crippen LogP contribution in [-0.2, 0) is 13.7 Å². The van der Waals surface area contributed by atoms with Gasteiger partial charge in [-0.05, 0) is 64.2 Å². The molecule has 0 amide bonds. The van der Waals surface area contributed by atoms with Crippen LogP contribution in [0.1, 0.15) is 5.56 Å². The molecule has 180 valence electrons. The van der Waals surface area contributed by atoms with Crippen molar-refractivity contribution in [1.82, 2.24) is 9.13 Å². The van der Waals surface area contributed by atoms with E-state index in [9.17, 15) is 19.4 Å². The Labute approximate surface area is 211 Å². The van der Waals surface area contributed by atoms with Gasteiger partial charge in [0.05, 0.1) is 17.3 Å². The summed E-state index contributed by atoms with van der Waals surface area (Å²) < 4.78 is 17.6. The molecule has 0 aliphatic carbocycles. The fourth-order valence-electron chi connectivity index (χ4n) is 4.27. The molecular weight excluding hydrogens is 479 g/mol. The molecule has 4 aromatic carbocycles. The predicted octanol–water partition coefficient (Wildman–Crippen LogP) is 6.17. The highest BCUT2D eigenvalue weighted by Gasteiger charge is 2.16. The van der Waals surface area contributed by atoms with Crippen molar-refractivity contribution in [1.29, 1.82) is 0 Å². The summed E-state index contributed by atoms with van der Waals surface area (Å²) in [5.74, 6) is -0.594. The standard InChI is InChI=1S/C29H22ClFN2O3/c1-32-10-11-33(29(32)36)27-9-8-22(14-26(27)30)25-16-23(31)15-24(28(25)35)21-7-3-6-20(13-21)19-5-2-4-18(12-19)17-34/h2-16,34-35H,17H2,1H3. The number of imidazole rings is 1. The van der Waals surface area contributed by atoms with Crippen molar-refractivity contribution in [2.75, 3.05) is 0 Å². The van der Waals surface area contributed by atoms with Crippen molar-refractivity contribution in [2.24, 2.45) is 7.05 Å². The number of phenols is 1. The third-order valence-corrected chi connectivity index (χ3v) is 6.46. The molecule has 0 aliphatic rings. The van der Waals surface area contributed by atoms with E-state index in [4.69, 9.17) is 11.6 Å². The molecule has 1 aromatic heterocycles. The average Bonchev–Trinajstić information content (AvgIpc) is 3.23. The van der Waals surface area contributed by atoms with Crippen molar-refractivity contribution >= 4 is 11.6 Å². The summed E-state index contributed by atoms with van der Waals surface area (Å²) in [5.41, 5.74) is 4.57. The molecule has 36 heavy (non-hydrogen) atoms. The zero-order valence-corrected chi connectivity index (χ0v) is 20.1. The number of aromatic nitrogens is 2. The van der Waals surface area contributed by atoms with Gasteiger partial charge >= 0.3 is 5.69 Å². The quantitative estimate of drug-likeness (QED) is 0.303. The molecule has 5 rings (SSSR count). The number of halogens is 2. The van der Waals surface area contributed by atoms with E-state index in [0.29, 0.717) is 22.4 Å². The molecule has 2 N–H and O–H groups in total. The van der Waals surface area contributed by atoms with Gasteiger partial charge in [0.15, 0.2) is 0 Å². The monoisotopic (exact) mass is 500 g/mol. The molecule has 0 atom stereocenters. The Morgan fingerprint density at radius 3 is 2.11 bits per heavy atom. The maximum absolute atomic E-state index is 14.8. The van der Waals surface area contributed by atoms with Crippen molar-refractivity contribution < 1.29 is 14.6 Å². The molecule has 7 heteroatoms. The summed E-state index contributed by atoms with van der Waals surface area (Å²) >= 11 is 6.50. The van der Waals surface area contributed by atoms with Gasteiger partial charge in [-0.2, -0.15) is 0 Å². The first kappa shape index (κ1) is 23.6. The molecule has 0 saturated heterocycles. The first-order valence-corrected chi connectivity index (χ1v) is 11.6. The Bertz CT molecular complexity index is 1660. The molecule has 0 unspecified atom stereocenters. The van der Waals surface area contributed by atoms with Crippen LogP contribution >= 0.6 is 11.6 Å². The molecule has 0 spiro atoms. The number of phenolic OH excluding ortho intramolecular Hbond substituents is 1. The van der Waals surface area contributed by atoms with E-state index in [1.807, 2.05) is 42.5 Å². The van der Waals surface area contributed by atoms with Gasteiger partial charge in [0.25, 0.3) is 0 Å². The fraction of sp³-hybridized carbons (Fsp3) is 0.0690. The highest BCUT2D eigenvalue weighted by Crippen LogP contribution is 2.41. The Kier molecular flexibility index (Phi) is 6.22. The number of aliphatic hydroxyl groups excluding tert-OH is 1. The number of benzene rings is 4. The molecule has 5 nitrogen and oxygen atoms in total. The number of hydrogen-bond donors (Lipinski definition) is 2. The summed E-state index contributed by atoms with van der Waals surface area (Å²) in [4.78, 5) is 12.3. The minimum atomic E-state index is -0.509. The number of hydrogen-bond acceptors (Lipinski definition) is 3. The van der Waals surface area contributed by atoms with E-state index in [-0.39, 0.29) is 28.6 Å². The van der Waals surface area contributed by atoms with Crippen LogP contribution in [0.2, 0.25) is 5.02 Å². The molecule has 0 fully saturated rings. The molecule has 0 aliphatic heterocycles. The zero-order chi connectivity index (χ0) is 25.4. The second-order valence-corrected chi connectivity index (χ2v) is 8.92. The number of nitrogens with zero attached hydrogens (tertiary/aromatic N) is 2. The number of aromatic hydroxyl groups is 1. The van der Waals surface area contributed by atoms with Crippen LogP contribution in [0.25, 0.3) is 39.1 Å². The van der Waals surface area contributed by atoms with Gasteiger partial charge in [-0.3, -0.25) is 4.57 Å². The molecule has 0 bridgehead atoms. The van der Waals surface area contributed by atoms with Crippen LogP contribution in [0.5, 0.6) is 5.75 Å². The second kappa shape index (κ2) is 9.49. The third kappa shape index (κ3) is 4.33. The number of rotatable bonds is 5. The summed E-state index contributed by atoms with van der Waals surface area (Å²) in [5, 5.41) is 20.9. The highest BCUT2D eigenvalue weighted by atomic mass is 35.5. The second-order valence-electron chi connectivity index (χ2n) is 8.52. The van der Waals surface area contributed by atoms with Crippen molar-refractivity contribution in [2.45, 2.75) is 6.61 Å². The first-order chi connectivity index (χ1) is 17.4. The van der Waals surface area contributed by atoms with E-state index in [1.54, 1.807) is 43.7 Å². The summed E-state index contributed by atoms with van der Waals surface area (Å²) in [6, 6.07) is 22.4. The molecule has 0 radical (unpaired) electrons. The molecule has 5 aromatic rings. The van der Waals surface area contributed by atoms with Gasteiger partial charge in [-0.15, -0.1) is 0 Å². The first-order valence-electron chi connectivity index (χ1n) is 11.2. The number of aryl methyl sites for hydroxylation is 1. The lowest BCUT2D eigenvalue weighted by atomic mass is 9.94. The van der Waals surface area contributed by atoms with Gasteiger partial charge in [0.1, 0.15) is 11.6 Å².